The van der Waals surface area contributed by atoms with Crippen LogP contribution in [0.5, 0.6) is 0 Å². The molecule has 9 heteroatoms. The van der Waals surface area contributed by atoms with Gasteiger partial charge >= 0.3 is 0 Å². The highest BCUT2D eigenvalue weighted by Crippen LogP contribution is 2.15. The minimum absolute atomic E-state index is 0.130. The Morgan fingerprint density at radius 1 is 1.28 bits per heavy atom. The lowest BCUT2D eigenvalue weighted by atomic mass is 10.3. The average Bonchev–Trinajstić information content (AvgIpc) is 3.33. The van der Waals surface area contributed by atoms with Crippen molar-refractivity contribution >= 4 is 17.5 Å². The molecule has 0 aromatic carbocycles. The third kappa shape index (κ3) is 3.60. The maximum atomic E-state index is 12.4. The van der Waals surface area contributed by atoms with Gasteiger partial charge in [-0.25, -0.2) is 0 Å². The molecule has 0 fully saturated rings. The second-order valence-corrected chi connectivity index (χ2v) is 5.31. The van der Waals surface area contributed by atoms with Crippen LogP contribution >= 0.6 is 0 Å². The number of aromatic nitrogens is 4. The van der Waals surface area contributed by atoms with Crippen LogP contribution in [0.15, 0.2) is 41.3 Å². The number of nitrogens with one attached hydrogen (secondary N) is 2. The molecule has 0 radical (unpaired) electrons. The second kappa shape index (κ2) is 7.04. The van der Waals surface area contributed by atoms with Crippen LogP contribution in [-0.4, -0.2) is 31.4 Å². The van der Waals surface area contributed by atoms with Crippen molar-refractivity contribution in [3.63, 3.8) is 0 Å². The summed E-state index contributed by atoms with van der Waals surface area (Å²) in [6.45, 7) is 2.69. The maximum Gasteiger partial charge on any atom is 0.274 e. The summed E-state index contributed by atoms with van der Waals surface area (Å²) in [4.78, 5) is 24.8. The Labute approximate surface area is 143 Å². The standard InChI is InChI=1S/C16H18N6O3/c1-3-22-13(6-7-18-22)15(23)19-12-10-21(2)20-14(12)16(24)17-9-11-5-4-8-25-11/h4-8,10H,3,9H2,1-2H3,(H,17,24)(H,19,23). The molecule has 0 saturated heterocycles. The predicted octanol–water partition coefficient (Wildman–Crippen LogP) is 1.41. The molecule has 3 aromatic heterocycles. The van der Waals surface area contributed by atoms with Crippen molar-refractivity contribution in [1.29, 1.82) is 0 Å². The Balaban J connectivity index is 1.74. The number of carbonyl (C=O) groups excluding carboxylic acids is 2. The van der Waals surface area contributed by atoms with Crippen LogP contribution < -0.4 is 10.6 Å². The predicted molar refractivity (Wildman–Crippen MR) is 88.9 cm³/mol. The molecular formula is C16H18N6O3. The topological polar surface area (TPSA) is 107 Å². The lowest BCUT2D eigenvalue weighted by Gasteiger charge is -2.07. The van der Waals surface area contributed by atoms with E-state index in [0.717, 1.165) is 0 Å². The van der Waals surface area contributed by atoms with Gasteiger partial charge in [-0.2, -0.15) is 10.2 Å². The summed E-state index contributed by atoms with van der Waals surface area (Å²) in [7, 11) is 1.68. The van der Waals surface area contributed by atoms with E-state index in [1.54, 1.807) is 42.3 Å². The van der Waals surface area contributed by atoms with E-state index in [9.17, 15) is 9.59 Å². The molecule has 3 heterocycles. The molecule has 0 spiro atoms. The zero-order valence-electron chi connectivity index (χ0n) is 13.9. The van der Waals surface area contributed by atoms with E-state index in [4.69, 9.17) is 4.42 Å². The van der Waals surface area contributed by atoms with Crippen LogP contribution in [0, 0.1) is 0 Å². The summed E-state index contributed by atoms with van der Waals surface area (Å²) in [6, 6.07) is 5.12. The number of hydrogen-bond donors (Lipinski definition) is 2. The smallest absolute Gasteiger partial charge is 0.274 e. The van der Waals surface area contributed by atoms with Gasteiger partial charge in [-0.1, -0.05) is 0 Å². The van der Waals surface area contributed by atoms with Crippen LogP contribution in [0.4, 0.5) is 5.69 Å². The number of furan rings is 1. The van der Waals surface area contributed by atoms with E-state index >= 15 is 0 Å². The highest BCUT2D eigenvalue weighted by molar-refractivity contribution is 6.07. The van der Waals surface area contributed by atoms with E-state index in [1.807, 2.05) is 6.92 Å². The Bertz CT molecular complexity index is 878. The Kier molecular flexibility index (Phi) is 4.64. The van der Waals surface area contributed by atoms with Crippen molar-refractivity contribution in [2.24, 2.45) is 7.05 Å². The summed E-state index contributed by atoms with van der Waals surface area (Å²) < 4.78 is 8.21. The molecule has 3 rings (SSSR count). The van der Waals surface area contributed by atoms with Gasteiger partial charge in [0, 0.05) is 26.0 Å². The van der Waals surface area contributed by atoms with Crippen LogP contribution in [-0.2, 0) is 20.1 Å². The van der Waals surface area contributed by atoms with Gasteiger partial charge in [-0.15, -0.1) is 0 Å². The molecular weight excluding hydrogens is 324 g/mol. The first-order valence-corrected chi connectivity index (χ1v) is 7.76. The lowest BCUT2D eigenvalue weighted by molar-refractivity contribution is 0.0943. The van der Waals surface area contributed by atoms with Gasteiger partial charge in [0.25, 0.3) is 11.8 Å². The molecule has 0 bridgehead atoms. The number of amides is 2. The van der Waals surface area contributed by atoms with E-state index in [2.05, 4.69) is 20.8 Å². The van der Waals surface area contributed by atoms with Crippen molar-refractivity contribution in [2.75, 3.05) is 5.32 Å². The molecule has 2 N–H and O–H groups in total. The van der Waals surface area contributed by atoms with E-state index < -0.39 is 5.91 Å². The lowest BCUT2D eigenvalue weighted by Crippen LogP contribution is -2.25. The molecule has 3 aromatic rings. The van der Waals surface area contributed by atoms with Gasteiger partial charge in [-0.3, -0.25) is 19.0 Å². The summed E-state index contributed by atoms with van der Waals surface area (Å²) in [5, 5.41) is 13.6. The normalized spacial score (nSPS) is 10.6. The minimum Gasteiger partial charge on any atom is -0.467 e. The molecule has 0 aliphatic carbocycles. The summed E-state index contributed by atoms with van der Waals surface area (Å²) in [5.74, 6) is -0.134. The van der Waals surface area contributed by atoms with Crippen molar-refractivity contribution in [1.82, 2.24) is 24.9 Å². The average molecular weight is 342 g/mol. The third-order valence-corrected chi connectivity index (χ3v) is 3.54. The molecule has 0 unspecified atom stereocenters. The number of carbonyl (C=O) groups is 2. The SMILES string of the molecule is CCn1nccc1C(=O)Nc1cn(C)nc1C(=O)NCc1ccco1. The Morgan fingerprint density at radius 3 is 2.84 bits per heavy atom. The Hall–Kier alpha value is -3.36. The zero-order valence-corrected chi connectivity index (χ0v) is 13.9. The number of aryl methyl sites for hydroxylation is 2. The molecule has 9 nitrogen and oxygen atoms in total. The molecule has 130 valence electrons. The van der Waals surface area contributed by atoms with Crippen molar-refractivity contribution in [3.05, 3.63) is 54.0 Å². The highest BCUT2D eigenvalue weighted by atomic mass is 16.3. The van der Waals surface area contributed by atoms with Gasteiger partial charge in [-0.05, 0) is 25.1 Å². The zero-order chi connectivity index (χ0) is 17.8. The van der Waals surface area contributed by atoms with Gasteiger partial charge < -0.3 is 15.1 Å². The van der Waals surface area contributed by atoms with E-state index in [1.165, 1.54) is 10.9 Å². The summed E-state index contributed by atoms with van der Waals surface area (Å²) in [5.41, 5.74) is 0.867. The van der Waals surface area contributed by atoms with Crippen LogP contribution in [0.25, 0.3) is 0 Å². The van der Waals surface area contributed by atoms with Crippen LogP contribution in [0.1, 0.15) is 33.7 Å². The van der Waals surface area contributed by atoms with Crippen molar-refractivity contribution < 1.29 is 14.0 Å². The summed E-state index contributed by atoms with van der Waals surface area (Å²) in [6.07, 6.45) is 4.66. The number of rotatable bonds is 6. The molecule has 25 heavy (non-hydrogen) atoms. The maximum absolute atomic E-state index is 12.4. The molecule has 0 atom stereocenters. The number of anilines is 1. The van der Waals surface area contributed by atoms with E-state index in [-0.39, 0.29) is 18.1 Å². The fourth-order valence-corrected chi connectivity index (χ4v) is 2.38. The van der Waals surface area contributed by atoms with Crippen molar-refractivity contribution in [2.45, 2.75) is 20.0 Å². The summed E-state index contributed by atoms with van der Waals surface area (Å²) >= 11 is 0. The van der Waals surface area contributed by atoms with Gasteiger partial charge in [0.1, 0.15) is 11.5 Å². The Morgan fingerprint density at radius 2 is 2.12 bits per heavy atom. The molecule has 0 saturated carbocycles. The van der Waals surface area contributed by atoms with E-state index in [0.29, 0.717) is 23.7 Å². The van der Waals surface area contributed by atoms with Gasteiger partial charge in [0.2, 0.25) is 0 Å². The van der Waals surface area contributed by atoms with Crippen molar-refractivity contribution in [3.8, 4) is 0 Å². The monoisotopic (exact) mass is 342 g/mol. The molecule has 2 amide bonds. The van der Waals surface area contributed by atoms with Gasteiger partial charge in [0.15, 0.2) is 5.69 Å². The third-order valence-electron chi connectivity index (χ3n) is 3.54. The fourth-order valence-electron chi connectivity index (χ4n) is 2.38. The first-order chi connectivity index (χ1) is 12.1. The minimum atomic E-state index is -0.406. The first-order valence-electron chi connectivity index (χ1n) is 7.76. The van der Waals surface area contributed by atoms with Gasteiger partial charge in [0.05, 0.1) is 18.5 Å². The second-order valence-electron chi connectivity index (χ2n) is 5.31. The quantitative estimate of drug-likeness (QED) is 0.704. The van der Waals surface area contributed by atoms with Crippen LogP contribution in [0.2, 0.25) is 0 Å². The largest absolute Gasteiger partial charge is 0.467 e. The fraction of sp³-hybridized carbons (Fsp3) is 0.250. The number of nitrogens with zero attached hydrogens (tertiary/aromatic N) is 4. The highest BCUT2D eigenvalue weighted by Gasteiger charge is 2.20. The first kappa shape index (κ1) is 16.5. The van der Waals surface area contributed by atoms with Crippen LogP contribution in [0.3, 0.4) is 0 Å². The molecule has 0 aliphatic rings. The number of hydrogen-bond acceptors (Lipinski definition) is 5. The molecule has 0 aliphatic heterocycles.